The number of rotatable bonds is 7. The van der Waals surface area contributed by atoms with E-state index in [-0.39, 0.29) is 0 Å². The quantitative estimate of drug-likeness (QED) is 0.161. The summed E-state index contributed by atoms with van der Waals surface area (Å²) in [6.45, 7) is 0. The number of furan rings is 1. The van der Waals surface area contributed by atoms with E-state index in [0.717, 1.165) is 77.2 Å². The van der Waals surface area contributed by atoms with E-state index >= 15 is 0 Å². The molecule has 5 nitrogen and oxygen atoms in total. The van der Waals surface area contributed by atoms with E-state index in [2.05, 4.69) is 150 Å². The molecule has 62 heavy (non-hydrogen) atoms. The van der Waals surface area contributed by atoms with Crippen LogP contribution in [-0.2, 0) is 0 Å². The first-order valence-electron chi connectivity index (χ1n) is 21.3. The topological polar surface area (TPSA) is 56.7 Å². The molecule has 0 amide bonds. The van der Waals surface area contributed by atoms with Crippen molar-refractivity contribution in [1.82, 2.24) is 19.5 Å². The first-order chi connectivity index (χ1) is 31.1. The van der Waals surface area contributed by atoms with Crippen LogP contribution >= 0.6 is 0 Å². The molecule has 0 atom stereocenters. The van der Waals surface area contributed by atoms with Gasteiger partial charge in [0, 0.05) is 43.9 Å². The van der Waals surface area contributed by atoms with E-state index < -0.39 is 0 Å². The van der Waals surface area contributed by atoms with E-state index in [9.17, 15) is 1.37 Å². The van der Waals surface area contributed by atoms with Crippen molar-refractivity contribution in [2.45, 2.75) is 0 Å². The van der Waals surface area contributed by atoms with Crippen LogP contribution in [0.3, 0.4) is 0 Å². The predicted octanol–water partition coefficient (Wildman–Crippen LogP) is 14.9. The Morgan fingerprint density at radius 1 is 0.355 bits per heavy atom. The minimum atomic E-state index is 0.313. The molecule has 12 aromatic rings. The summed E-state index contributed by atoms with van der Waals surface area (Å²) in [5.74, 6) is 1.67. The Morgan fingerprint density at radius 2 is 0.887 bits per heavy atom. The van der Waals surface area contributed by atoms with Crippen molar-refractivity contribution >= 4 is 43.7 Å². The minimum Gasteiger partial charge on any atom is -0.456 e. The van der Waals surface area contributed by atoms with E-state index in [0.29, 0.717) is 34.7 Å². The Labute approximate surface area is 359 Å². The van der Waals surface area contributed by atoms with Crippen molar-refractivity contribution in [3.63, 3.8) is 0 Å². The summed E-state index contributed by atoms with van der Waals surface area (Å²) in [5.41, 5.74) is 13.7. The molecular weight excluding hydrogens is 757 g/mol. The first kappa shape index (κ1) is 34.5. The molecule has 0 aliphatic heterocycles. The van der Waals surface area contributed by atoms with Crippen molar-refractivity contribution in [2.75, 3.05) is 0 Å². The zero-order chi connectivity index (χ0) is 41.9. The van der Waals surface area contributed by atoms with Gasteiger partial charge < -0.3 is 8.98 Å². The van der Waals surface area contributed by atoms with Crippen LogP contribution in [-0.4, -0.2) is 19.5 Å². The molecule has 3 heterocycles. The van der Waals surface area contributed by atoms with Crippen LogP contribution in [0.25, 0.3) is 117 Å². The molecule has 0 aliphatic carbocycles. The van der Waals surface area contributed by atoms with Crippen LogP contribution in [0.15, 0.2) is 223 Å². The summed E-state index contributed by atoms with van der Waals surface area (Å²) in [6.07, 6.45) is 0. The van der Waals surface area contributed by atoms with Gasteiger partial charge in [0.2, 0.25) is 0 Å². The lowest BCUT2D eigenvalue weighted by Gasteiger charge is -2.10. The molecule has 0 unspecified atom stereocenters. The van der Waals surface area contributed by atoms with Crippen molar-refractivity contribution < 1.29 is 5.79 Å². The molecule has 3 aromatic heterocycles. The Hall–Kier alpha value is -8.41. The maximum atomic E-state index is 9.18. The highest BCUT2D eigenvalue weighted by Gasteiger charge is 2.20. The molecule has 0 spiro atoms. The van der Waals surface area contributed by atoms with E-state index in [1.165, 1.54) is 11.1 Å². The van der Waals surface area contributed by atoms with Gasteiger partial charge in [-0.2, -0.15) is 0 Å². The van der Waals surface area contributed by atoms with Crippen LogP contribution in [0.5, 0.6) is 0 Å². The summed E-state index contributed by atoms with van der Waals surface area (Å²) in [5, 5.41) is 3.96. The zero-order valence-corrected chi connectivity index (χ0v) is 33.4. The average Bonchev–Trinajstić information content (AvgIpc) is 3.91. The number of nitrogens with zero attached hydrogens (tertiary/aromatic N) is 4. The molecular formula is C57H36N4O. The van der Waals surface area contributed by atoms with Gasteiger partial charge >= 0.3 is 0 Å². The van der Waals surface area contributed by atoms with E-state index in [4.69, 9.17) is 19.4 Å². The van der Waals surface area contributed by atoms with Gasteiger partial charge in [0.15, 0.2) is 17.5 Å². The Kier molecular flexibility index (Phi) is 8.17. The highest BCUT2D eigenvalue weighted by Crippen LogP contribution is 2.40. The number of aromatic nitrogens is 4. The summed E-state index contributed by atoms with van der Waals surface area (Å²) in [7, 11) is 0. The summed E-state index contributed by atoms with van der Waals surface area (Å²) < 4.78 is 17.9. The van der Waals surface area contributed by atoms with Gasteiger partial charge in [-0.1, -0.05) is 158 Å². The zero-order valence-electron chi connectivity index (χ0n) is 34.4. The standard InChI is InChI=1S/C57H36N4O/c1-4-14-37(15-5-1)41-18-12-19-42(34-41)38-26-28-39(29-27-38)43-31-33-52-49(35-43)54-47(23-13-25-53(54)62-52)57-59-55(40-16-6-2-7-17-40)58-56(60-57)44-30-32-51-48(36-44)46-22-10-11-24-50(46)61(51)45-20-8-3-9-21-45/h1-36H/i33D. The van der Waals surface area contributed by atoms with Gasteiger partial charge in [-0.25, -0.2) is 15.0 Å². The molecule has 0 radical (unpaired) electrons. The second kappa shape index (κ2) is 14.7. The van der Waals surface area contributed by atoms with Gasteiger partial charge in [-0.3, -0.25) is 0 Å². The molecule has 12 rings (SSSR count). The molecule has 0 saturated carbocycles. The van der Waals surface area contributed by atoms with Crippen LogP contribution in [0.1, 0.15) is 1.37 Å². The summed E-state index contributed by atoms with van der Waals surface area (Å²) in [4.78, 5) is 15.5. The highest BCUT2D eigenvalue weighted by molar-refractivity contribution is 6.13. The predicted molar refractivity (Wildman–Crippen MR) is 254 cm³/mol. The fraction of sp³-hybridized carbons (Fsp3) is 0. The smallest absolute Gasteiger partial charge is 0.164 e. The second-order valence-electron chi connectivity index (χ2n) is 15.5. The molecule has 0 fully saturated rings. The van der Waals surface area contributed by atoms with Gasteiger partial charge in [-0.05, 0) is 94.0 Å². The maximum Gasteiger partial charge on any atom is 0.164 e. The SMILES string of the molecule is [2H]c1cc(-c2ccc(-c3cccc(-c4ccccc4)c3)cc2)cc2c1oc1cccc(-c3nc(-c4ccccc4)nc(-c4ccc5c(c4)c4ccccc4n5-c4ccccc4)n3)c12. The van der Waals surface area contributed by atoms with Crippen LogP contribution in [0.2, 0.25) is 0 Å². The van der Waals surface area contributed by atoms with Crippen molar-refractivity contribution in [1.29, 1.82) is 0 Å². The third-order valence-electron chi connectivity index (χ3n) is 11.8. The number of fused-ring (bicyclic) bond motifs is 6. The Bertz CT molecular complexity index is 3670. The molecule has 290 valence electrons. The average molecular weight is 794 g/mol. The van der Waals surface area contributed by atoms with Crippen molar-refractivity contribution in [2.24, 2.45) is 0 Å². The third-order valence-corrected chi connectivity index (χ3v) is 11.8. The summed E-state index contributed by atoms with van der Waals surface area (Å²) in [6, 6.07) is 73.4. The lowest BCUT2D eigenvalue weighted by atomic mass is 9.96. The molecule has 0 saturated heterocycles. The molecule has 0 aliphatic rings. The lowest BCUT2D eigenvalue weighted by Crippen LogP contribution is -2.00. The molecule has 0 N–H and O–H groups in total. The minimum absolute atomic E-state index is 0.313. The lowest BCUT2D eigenvalue weighted by molar-refractivity contribution is 0.669. The number of benzene rings is 9. The normalized spacial score (nSPS) is 11.8. The summed E-state index contributed by atoms with van der Waals surface area (Å²) >= 11 is 0. The molecule has 9 aromatic carbocycles. The fourth-order valence-corrected chi connectivity index (χ4v) is 8.78. The molecule has 5 heteroatoms. The highest BCUT2D eigenvalue weighted by atomic mass is 16.3. The van der Waals surface area contributed by atoms with E-state index in [1.54, 1.807) is 0 Å². The Balaban J connectivity index is 0.988. The van der Waals surface area contributed by atoms with Gasteiger partial charge in [0.25, 0.3) is 0 Å². The fourth-order valence-electron chi connectivity index (χ4n) is 8.78. The van der Waals surface area contributed by atoms with Gasteiger partial charge in [-0.15, -0.1) is 0 Å². The number of para-hydroxylation sites is 2. The monoisotopic (exact) mass is 793 g/mol. The molecule has 0 bridgehead atoms. The van der Waals surface area contributed by atoms with Crippen molar-refractivity contribution in [3.8, 4) is 73.2 Å². The van der Waals surface area contributed by atoms with Gasteiger partial charge in [0.1, 0.15) is 11.2 Å². The van der Waals surface area contributed by atoms with Gasteiger partial charge in [0.05, 0.1) is 12.4 Å². The van der Waals surface area contributed by atoms with Crippen LogP contribution in [0.4, 0.5) is 0 Å². The van der Waals surface area contributed by atoms with Crippen LogP contribution in [0, 0.1) is 0 Å². The first-order valence-corrected chi connectivity index (χ1v) is 20.8. The largest absolute Gasteiger partial charge is 0.456 e. The number of hydrogen-bond acceptors (Lipinski definition) is 4. The van der Waals surface area contributed by atoms with E-state index in [1.807, 2.05) is 66.7 Å². The van der Waals surface area contributed by atoms with Crippen molar-refractivity contribution in [3.05, 3.63) is 218 Å². The van der Waals surface area contributed by atoms with Crippen LogP contribution < -0.4 is 0 Å². The number of hydrogen-bond donors (Lipinski definition) is 0. The maximum absolute atomic E-state index is 9.18. The second-order valence-corrected chi connectivity index (χ2v) is 15.5. The third kappa shape index (κ3) is 6.14. The Morgan fingerprint density at radius 3 is 1.63 bits per heavy atom.